The lowest BCUT2D eigenvalue weighted by molar-refractivity contribution is 0.669. The molecule has 0 fully saturated rings. The molecule has 0 bridgehead atoms. The number of rotatable bonds is 3. The van der Waals surface area contributed by atoms with Crippen molar-refractivity contribution in [1.29, 1.82) is 0 Å². The van der Waals surface area contributed by atoms with E-state index in [4.69, 9.17) is 4.42 Å². The van der Waals surface area contributed by atoms with Crippen molar-refractivity contribution in [2.24, 2.45) is 0 Å². The van der Waals surface area contributed by atoms with E-state index in [1.807, 2.05) is 12.1 Å². The summed E-state index contributed by atoms with van der Waals surface area (Å²) in [6, 6.07) is 50.3. The molecule has 0 radical (unpaired) electrons. The van der Waals surface area contributed by atoms with E-state index in [9.17, 15) is 0 Å². The van der Waals surface area contributed by atoms with Crippen LogP contribution in [-0.4, -0.2) is 0 Å². The topological polar surface area (TPSA) is 13.1 Å². The molecule has 7 aromatic rings. The van der Waals surface area contributed by atoms with Gasteiger partial charge in [0.05, 0.1) is 5.41 Å². The van der Waals surface area contributed by atoms with E-state index in [1.54, 1.807) is 0 Å². The second kappa shape index (κ2) is 8.56. The summed E-state index contributed by atoms with van der Waals surface area (Å²) >= 11 is 3.76. The first-order valence-electron chi connectivity index (χ1n) is 13.2. The molecular formula is C37H23BrO. The molecule has 1 nitrogen and oxygen atoms in total. The van der Waals surface area contributed by atoms with Gasteiger partial charge in [-0.3, -0.25) is 0 Å². The average molecular weight is 563 g/mol. The quantitative estimate of drug-likeness (QED) is 0.208. The van der Waals surface area contributed by atoms with Crippen molar-refractivity contribution in [3.05, 3.63) is 166 Å². The molecule has 2 heteroatoms. The van der Waals surface area contributed by atoms with Gasteiger partial charge in [0.25, 0.3) is 0 Å². The van der Waals surface area contributed by atoms with E-state index < -0.39 is 5.41 Å². The van der Waals surface area contributed by atoms with Crippen molar-refractivity contribution >= 4 is 37.9 Å². The van der Waals surface area contributed by atoms with E-state index in [2.05, 4.69) is 143 Å². The molecular weight excluding hydrogens is 540 g/mol. The van der Waals surface area contributed by atoms with Crippen molar-refractivity contribution in [2.45, 2.75) is 5.41 Å². The summed E-state index contributed by atoms with van der Waals surface area (Å²) in [7, 11) is 0. The Bertz CT molecular complexity index is 1980. The predicted molar refractivity (Wildman–Crippen MR) is 164 cm³/mol. The number of benzene rings is 6. The molecule has 8 rings (SSSR count). The van der Waals surface area contributed by atoms with Gasteiger partial charge in [0, 0.05) is 15.2 Å². The van der Waals surface area contributed by atoms with Gasteiger partial charge >= 0.3 is 0 Å². The van der Waals surface area contributed by atoms with Gasteiger partial charge in [-0.2, -0.15) is 0 Å². The van der Waals surface area contributed by atoms with Crippen LogP contribution in [0.15, 0.2) is 148 Å². The van der Waals surface area contributed by atoms with Gasteiger partial charge in [-0.05, 0) is 68.8 Å². The molecule has 0 N–H and O–H groups in total. The van der Waals surface area contributed by atoms with Crippen LogP contribution < -0.4 is 0 Å². The highest BCUT2D eigenvalue weighted by atomic mass is 79.9. The Hall–Kier alpha value is -4.40. The summed E-state index contributed by atoms with van der Waals surface area (Å²) in [6.45, 7) is 0. The molecule has 0 aliphatic heterocycles. The molecule has 1 aliphatic carbocycles. The van der Waals surface area contributed by atoms with E-state index in [0.717, 1.165) is 26.4 Å². The standard InChI is InChI=1S/C37H23BrO/c38-32-19-10-20-34-36(32)29-23-24(21-22-33(29)39-34)27-16-9-18-31-35(27)28-15-7-8-17-30(28)37(31,25-11-3-1-4-12-25)26-13-5-2-6-14-26/h1-23H. The molecule has 1 aliphatic rings. The molecule has 0 spiro atoms. The third-order valence-electron chi connectivity index (χ3n) is 8.24. The van der Waals surface area contributed by atoms with Gasteiger partial charge in [-0.1, -0.05) is 131 Å². The van der Waals surface area contributed by atoms with E-state index >= 15 is 0 Å². The molecule has 1 heterocycles. The Morgan fingerprint density at radius 2 is 1.15 bits per heavy atom. The monoisotopic (exact) mass is 562 g/mol. The minimum absolute atomic E-state index is 0.403. The van der Waals surface area contributed by atoms with Crippen LogP contribution in [0.5, 0.6) is 0 Å². The third-order valence-corrected chi connectivity index (χ3v) is 8.90. The number of hydrogen-bond donors (Lipinski definition) is 0. The van der Waals surface area contributed by atoms with Crippen LogP contribution in [0.25, 0.3) is 44.2 Å². The smallest absolute Gasteiger partial charge is 0.136 e. The zero-order valence-corrected chi connectivity index (χ0v) is 22.7. The second-order valence-electron chi connectivity index (χ2n) is 10.2. The highest BCUT2D eigenvalue weighted by Crippen LogP contribution is 2.58. The summed E-state index contributed by atoms with van der Waals surface area (Å²) in [4.78, 5) is 0. The lowest BCUT2D eigenvalue weighted by atomic mass is 9.67. The number of halogens is 1. The van der Waals surface area contributed by atoms with Gasteiger partial charge in [0.1, 0.15) is 11.2 Å². The molecule has 0 atom stereocenters. The largest absolute Gasteiger partial charge is 0.456 e. The second-order valence-corrected chi connectivity index (χ2v) is 11.0. The summed E-state index contributed by atoms with van der Waals surface area (Å²) in [5, 5.41) is 2.24. The third kappa shape index (κ3) is 3.13. The molecule has 184 valence electrons. The minimum Gasteiger partial charge on any atom is -0.456 e. The maximum absolute atomic E-state index is 6.19. The summed E-state index contributed by atoms with van der Waals surface area (Å²) in [6.07, 6.45) is 0. The summed E-state index contributed by atoms with van der Waals surface area (Å²) in [5.74, 6) is 0. The van der Waals surface area contributed by atoms with Crippen molar-refractivity contribution in [3.63, 3.8) is 0 Å². The Kier molecular flexibility index (Phi) is 4.95. The number of fused-ring (bicyclic) bond motifs is 6. The molecule has 0 saturated heterocycles. The molecule has 6 aromatic carbocycles. The Morgan fingerprint density at radius 3 is 1.92 bits per heavy atom. The Labute approximate surface area is 235 Å². The van der Waals surface area contributed by atoms with Crippen LogP contribution in [-0.2, 0) is 5.41 Å². The number of hydrogen-bond acceptors (Lipinski definition) is 1. The maximum atomic E-state index is 6.19. The van der Waals surface area contributed by atoms with Gasteiger partial charge in [0.2, 0.25) is 0 Å². The van der Waals surface area contributed by atoms with Gasteiger partial charge in [-0.25, -0.2) is 0 Å². The molecule has 0 amide bonds. The summed E-state index contributed by atoms with van der Waals surface area (Å²) < 4.78 is 7.24. The van der Waals surface area contributed by atoms with Gasteiger partial charge in [0.15, 0.2) is 0 Å². The predicted octanol–water partition coefficient (Wildman–Crippen LogP) is 10.4. The lowest BCUT2D eigenvalue weighted by Gasteiger charge is -2.34. The molecule has 0 saturated carbocycles. The van der Waals surface area contributed by atoms with Gasteiger partial charge in [-0.15, -0.1) is 0 Å². The van der Waals surface area contributed by atoms with E-state index in [0.29, 0.717) is 0 Å². The minimum atomic E-state index is -0.403. The fraction of sp³-hybridized carbons (Fsp3) is 0.0270. The van der Waals surface area contributed by atoms with Crippen LogP contribution in [0.2, 0.25) is 0 Å². The van der Waals surface area contributed by atoms with Crippen LogP contribution in [0.1, 0.15) is 22.3 Å². The van der Waals surface area contributed by atoms with Crippen molar-refractivity contribution < 1.29 is 4.42 Å². The van der Waals surface area contributed by atoms with Crippen LogP contribution >= 0.6 is 15.9 Å². The van der Waals surface area contributed by atoms with Crippen molar-refractivity contribution in [3.8, 4) is 22.3 Å². The molecule has 1 aromatic heterocycles. The van der Waals surface area contributed by atoms with E-state index in [1.165, 1.54) is 44.5 Å². The van der Waals surface area contributed by atoms with E-state index in [-0.39, 0.29) is 0 Å². The fourth-order valence-corrected chi connectivity index (χ4v) is 7.25. The van der Waals surface area contributed by atoms with Crippen LogP contribution in [0, 0.1) is 0 Å². The van der Waals surface area contributed by atoms with Crippen molar-refractivity contribution in [2.75, 3.05) is 0 Å². The fourth-order valence-electron chi connectivity index (χ4n) is 6.68. The first-order chi connectivity index (χ1) is 19.3. The Balaban J connectivity index is 1.47. The van der Waals surface area contributed by atoms with Crippen LogP contribution in [0.4, 0.5) is 0 Å². The Morgan fingerprint density at radius 1 is 0.513 bits per heavy atom. The SMILES string of the molecule is Brc1cccc2oc3ccc(-c4cccc5c4-c4ccccc4C5(c4ccccc4)c4ccccc4)cc3c12. The van der Waals surface area contributed by atoms with Crippen LogP contribution in [0.3, 0.4) is 0 Å². The maximum Gasteiger partial charge on any atom is 0.136 e. The highest BCUT2D eigenvalue weighted by molar-refractivity contribution is 9.10. The average Bonchev–Trinajstić information content (AvgIpc) is 3.52. The molecule has 39 heavy (non-hydrogen) atoms. The normalized spacial score (nSPS) is 13.5. The zero-order chi connectivity index (χ0) is 26.0. The zero-order valence-electron chi connectivity index (χ0n) is 21.1. The lowest BCUT2D eigenvalue weighted by Crippen LogP contribution is -2.28. The number of furan rings is 1. The highest BCUT2D eigenvalue weighted by Gasteiger charge is 2.46. The van der Waals surface area contributed by atoms with Crippen molar-refractivity contribution in [1.82, 2.24) is 0 Å². The molecule has 0 unspecified atom stereocenters. The summed E-state index contributed by atoms with van der Waals surface area (Å²) in [5.41, 5.74) is 11.6. The first-order valence-corrected chi connectivity index (χ1v) is 14.0. The first kappa shape index (κ1) is 22.6. The van der Waals surface area contributed by atoms with Gasteiger partial charge < -0.3 is 4.42 Å².